The van der Waals surface area contributed by atoms with E-state index in [0.717, 1.165) is 0 Å². The van der Waals surface area contributed by atoms with Crippen LogP contribution in [0, 0.1) is 0 Å². The molecule has 3 rings (SSSR count). The van der Waals surface area contributed by atoms with E-state index in [2.05, 4.69) is 70.4 Å². The van der Waals surface area contributed by atoms with Gasteiger partial charge in [0.1, 0.15) is 0 Å². The molecule has 2 heteroatoms. The van der Waals surface area contributed by atoms with Crippen LogP contribution in [0.3, 0.4) is 0 Å². The molecule has 0 amide bonds. The first kappa shape index (κ1) is 7.68. The highest BCUT2D eigenvalue weighted by atomic mass is 15.1. The van der Waals surface area contributed by atoms with Crippen molar-refractivity contribution in [3.8, 4) is 0 Å². The van der Waals surface area contributed by atoms with E-state index in [1.807, 2.05) is 0 Å². The number of nitrogens with zero attached hydrogens (tertiary/aromatic N) is 2. The molecule has 0 saturated heterocycles. The molecule has 0 aromatic heterocycles. The fourth-order valence-electron chi connectivity index (χ4n) is 2.08. The molecule has 2 nitrogen and oxygen atoms in total. The van der Waals surface area contributed by atoms with Crippen LogP contribution in [0.25, 0.3) is 0 Å². The van der Waals surface area contributed by atoms with Crippen molar-refractivity contribution in [3.63, 3.8) is 0 Å². The summed E-state index contributed by atoms with van der Waals surface area (Å²) in [5, 5.41) is 0. The van der Waals surface area contributed by atoms with Gasteiger partial charge in [-0.2, -0.15) is 9.15 Å². The molecule has 0 bridgehead atoms. The van der Waals surface area contributed by atoms with Crippen molar-refractivity contribution in [2.24, 2.45) is 0 Å². The molecule has 0 spiro atoms. The molecule has 2 atom stereocenters. The summed E-state index contributed by atoms with van der Waals surface area (Å²) >= 11 is 0. The summed E-state index contributed by atoms with van der Waals surface area (Å²) in [5.41, 5.74) is 0. The Kier molecular flexibility index (Phi) is 1.60. The standard InChI is InChI=1S/C12H12N2/c1-3-7-13-9-10-14-8-4-2-6-12(14)11(13)5-1/h1-12H/q+2. The van der Waals surface area contributed by atoms with Gasteiger partial charge in [0.15, 0.2) is 12.4 Å². The number of rotatable bonds is 0. The van der Waals surface area contributed by atoms with Crippen molar-refractivity contribution in [1.29, 1.82) is 0 Å². The first-order valence-corrected chi connectivity index (χ1v) is 4.88. The van der Waals surface area contributed by atoms with E-state index in [1.165, 1.54) is 0 Å². The topological polar surface area (TPSA) is 6.02 Å². The molecule has 0 radical (unpaired) electrons. The summed E-state index contributed by atoms with van der Waals surface area (Å²) in [6.07, 6.45) is 21.3. The number of hydrogen-bond donors (Lipinski definition) is 0. The summed E-state index contributed by atoms with van der Waals surface area (Å²) in [4.78, 5) is 0. The SMILES string of the molecule is C1=CC2C3C=CC=C[N+]3=CC=[N+]2C=C1. The lowest BCUT2D eigenvalue weighted by molar-refractivity contribution is -0.586. The molecule has 0 fully saturated rings. The minimum absolute atomic E-state index is 0.436. The van der Waals surface area contributed by atoms with Gasteiger partial charge in [-0.05, 0) is 12.2 Å². The van der Waals surface area contributed by atoms with E-state index in [-0.39, 0.29) is 0 Å². The molecule has 3 heterocycles. The lowest BCUT2D eigenvalue weighted by atomic mass is 10.0. The van der Waals surface area contributed by atoms with E-state index in [9.17, 15) is 0 Å². The predicted molar refractivity (Wildman–Crippen MR) is 56.8 cm³/mol. The second-order valence-electron chi connectivity index (χ2n) is 3.63. The van der Waals surface area contributed by atoms with E-state index in [4.69, 9.17) is 0 Å². The Hall–Kier alpha value is -1.70. The van der Waals surface area contributed by atoms with Gasteiger partial charge in [-0.1, -0.05) is 12.2 Å². The number of hydrogen-bond acceptors (Lipinski definition) is 0. The fraction of sp³-hybridized carbons (Fsp3) is 0.167. The molecule has 0 saturated carbocycles. The van der Waals surface area contributed by atoms with Crippen LogP contribution in [0.1, 0.15) is 0 Å². The maximum atomic E-state index is 2.24. The van der Waals surface area contributed by atoms with Gasteiger partial charge in [-0.3, -0.25) is 0 Å². The molecule has 2 unspecified atom stereocenters. The molecule has 14 heavy (non-hydrogen) atoms. The van der Waals surface area contributed by atoms with Crippen LogP contribution in [0.5, 0.6) is 0 Å². The van der Waals surface area contributed by atoms with Crippen molar-refractivity contribution in [1.82, 2.24) is 0 Å². The summed E-state index contributed by atoms with van der Waals surface area (Å²) in [6, 6.07) is 0.873. The fourth-order valence-corrected chi connectivity index (χ4v) is 2.08. The van der Waals surface area contributed by atoms with Crippen LogP contribution in [-0.4, -0.2) is 33.7 Å². The Morgan fingerprint density at radius 3 is 1.64 bits per heavy atom. The van der Waals surface area contributed by atoms with Crippen LogP contribution < -0.4 is 0 Å². The molecule has 0 aromatic rings. The molecule has 68 valence electrons. The molecule has 3 aliphatic heterocycles. The van der Waals surface area contributed by atoms with Crippen LogP contribution >= 0.6 is 0 Å². The molecule has 0 N–H and O–H groups in total. The second kappa shape index (κ2) is 2.91. The zero-order valence-electron chi connectivity index (χ0n) is 7.82. The van der Waals surface area contributed by atoms with Crippen LogP contribution in [0.4, 0.5) is 0 Å². The van der Waals surface area contributed by atoms with E-state index >= 15 is 0 Å². The summed E-state index contributed by atoms with van der Waals surface area (Å²) in [7, 11) is 0. The van der Waals surface area contributed by atoms with Gasteiger partial charge in [-0.25, -0.2) is 0 Å². The van der Waals surface area contributed by atoms with Gasteiger partial charge in [0.2, 0.25) is 24.5 Å². The zero-order valence-corrected chi connectivity index (χ0v) is 7.82. The first-order chi connectivity index (χ1) is 6.95. The highest BCUT2D eigenvalue weighted by Crippen LogP contribution is 2.15. The van der Waals surface area contributed by atoms with Crippen molar-refractivity contribution < 1.29 is 9.15 Å². The second-order valence-corrected chi connectivity index (χ2v) is 3.63. The molecule has 3 aliphatic rings. The summed E-state index contributed by atoms with van der Waals surface area (Å²) in [5.74, 6) is 0. The highest BCUT2D eigenvalue weighted by Gasteiger charge is 2.38. The summed E-state index contributed by atoms with van der Waals surface area (Å²) < 4.78 is 4.48. The molecular formula is C12H12N2+2. The average molecular weight is 184 g/mol. The quantitative estimate of drug-likeness (QED) is 0.497. The van der Waals surface area contributed by atoms with Crippen LogP contribution in [0.2, 0.25) is 0 Å². The van der Waals surface area contributed by atoms with Crippen molar-refractivity contribution in [2.45, 2.75) is 12.1 Å². The Labute approximate surface area is 83.2 Å². The minimum atomic E-state index is 0.436. The normalized spacial score (nSPS) is 32.0. The van der Waals surface area contributed by atoms with E-state index in [0.29, 0.717) is 12.1 Å². The van der Waals surface area contributed by atoms with Gasteiger partial charge < -0.3 is 0 Å². The monoisotopic (exact) mass is 184 g/mol. The number of allylic oxidation sites excluding steroid dienone is 4. The Bertz CT molecular complexity index is 391. The van der Waals surface area contributed by atoms with E-state index in [1.54, 1.807) is 0 Å². The average Bonchev–Trinajstić information content (AvgIpc) is 2.29. The Morgan fingerprint density at radius 1 is 0.643 bits per heavy atom. The van der Waals surface area contributed by atoms with Crippen molar-refractivity contribution >= 4 is 12.4 Å². The maximum Gasteiger partial charge on any atom is 0.242 e. The largest absolute Gasteiger partial charge is 0.242 e. The van der Waals surface area contributed by atoms with Gasteiger partial charge in [0.25, 0.3) is 0 Å². The van der Waals surface area contributed by atoms with E-state index < -0.39 is 0 Å². The lowest BCUT2D eigenvalue weighted by Gasteiger charge is -2.20. The molecule has 0 aliphatic carbocycles. The first-order valence-electron chi connectivity index (χ1n) is 4.88. The van der Waals surface area contributed by atoms with Crippen molar-refractivity contribution in [3.05, 3.63) is 48.9 Å². The van der Waals surface area contributed by atoms with Crippen LogP contribution in [0.15, 0.2) is 48.9 Å². The van der Waals surface area contributed by atoms with Gasteiger partial charge in [0.05, 0.1) is 0 Å². The van der Waals surface area contributed by atoms with Gasteiger partial charge in [0, 0.05) is 12.2 Å². The van der Waals surface area contributed by atoms with Crippen molar-refractivity contribution in [2.75, 3.05) is 0 Å². The molecule has 0 aromatic carbocycles. The minimum Gasteiger partial charge on any atom is -0.186 e. The maximum absolute atomic E-state index is 2.24. The predicted octanol–water partition coefficient (Wildman–Crippen LogP) is 1.07. The Morgan fingerprint density at radius 2 is 1.14 bits per heavy atom. The smallest absolute Gasteiger partial charge is 0.186 e. The highest BCUT2D eigenvalue weighted by molar-refractivity contribution is 6.11. The molecular weight excluding hydrogens is 172 g/mol. The lowest BCUT2D eigenvalue weighted by Crippen LogP contribution is -2.45. The zero-order chi connectivity index (χ0) is 9.38. The third-order valence-corrected chi connectivity index (χ3v) is 2.80. The van der Waals surface area contributed by atoms with Crippen LogP contribution in [-0.2, 0) is 0 Å². The van der Waals surface area contributed by atoms with Gasteiger partial charge >= 0.3 is 0 Å². The number of fused-ring (bicyclic) bond motifs is 3. The summed E-state index contributed by atoms with van der Waals surface area (Å²) in [6.45, 7) is 0. The third kappa shape index (κ3) is 1.04. The third-order valence-electron chi connectivity index (χ3n) is 2.80. The Balaban J connectivity index is 2.08. The van der Waals surface area contributed by atoms with Gasteiger partial charge in [-0.15, -0.1) is 0 Å².